The Morgan fingerprint density at radius 1 is 1.24 bits per heavy atom. The van der Waals surface area contributed by atoms with Gasteiger partial charge in [0.25, 0.3) is 0 Å². The average molecular weight is 281 g/mol. The van der Waals surface area contributed by atoms with Crippen LogP contribution < -0.4 is 5.32 Å². The van der Waals surface area contributed by atoms with Crippen molar-refractivity contribution in [2.75, 3.05) is 5.32 Å². The van der Waals surface area contributed by atoms with E-state index in [1.54, 1.807) is 12.1 Å². The largest absolute Gasteiger partial charge is 0.381 e. The van der Waals surface area contributed by atoms with Gasteiger partial charge in [0, 0.05) is 17.6 Å². The highest BCUT2D eigenvalue weighted by molar-refractivity contribution is 5.81. The number of rotatable bonds is 4. The number of nitrogens with zero attached hydrogens (tertiary/aromatic N) is 1. The van der Waals surface area contributed by atoms with Gasteiger partial charge in [-0.15, -0.1) is 0 Å². The van der Waals surface area contributed by atoms with Gasteiger partial charge in [-0.25, -0.2) is 4.39 Å². The number of nitrogens with one attached hydrogen (secondary N) is 2. The molecule has 0 unspecified atom stereocenters. The normalized spacial score (nSPS) is 14.5. The molecule has 1 fully saturated rings. The van der Waals surface area contributed by atoms with Gasteiger partial charge in [0.1, 0.15) is 5.82 Å². The van der Waals surface area contributed by atoms with Gasteiger partial charge in [-0.3, -0.25) is 5.10 Å². The maximum absolute atomic E-state index is 13.7. The Morgan fingerprint density at radius 2 is 2.14 bits per heavy atom. The minimum Gasteiger partial charge on any atom is -0.381 e. The predicted octanol–water partition coefficient (Wildman–Crippen LogP) is 4.19. The van der Waals surface area contributed by atoms with Crippen molar-refractivity contribution in [1.29, 1.82) is 0 Å². The fourth-order valence-electron chi connectivity index (χ4n) is 2.74. The lowest BCUT2D eigenvalue weighted by atomic mass is 10.1. The Balaban J connectivity index is 1.56. The van der Waals surface area contributed by atoms with Crippen molar-refractivity contribution >= 4 is 16.6 Å². The van der Waals surface area contributed by atoms with E-state index in [4.69, 9.17) is 0 Å². The molecule has 1 saturated carbocycles. The SMILES string of the molecule is Fc1ccc(NCc2cccc3cn[nH]c23)cc1C1CC1. The fraction of sp³-hybridized carbons (Fsp3) is 0.235. The number of H-pyrrole nitrogens is 1. The number of hydrogen-bond acceptors (Lipinski definition) is 2. The second-order valence-corrected chi connectivity index (χ2v) is 5.62. The summed E-state index contributed by atoms with van der Waals surface area (Å²) >= 11 is 0. The van der Waals surface area contributed by atoms with Crippen LogP contribution in [0, 0.1) is 5.82 Å². The molecule has 3 nitrogen and oxygen atoms in total. The third-order valence-corrected chi connectivity index (χ3v) is 4.06. The Morgan fingerprint density at radius 3 is 3.00 bits per heavy atom. The Hall–Kier alpha value is -2.36. The topological polar surface area (TPSA) is 40.7 Å². The molecule has 0 radical (unpaired) electrons. The third kappa shape index (κ3) is 2.37. The van der Waals surface area contributed by atoms with E-state index < -0.39 is 0 Å². The molecule has 1 aromatic heterocycles. The second kappa shape index (κ2) is 4.88. The quantitative estimate of drug-likeness (QED) is 0.752. The van der Waals surface area contributed by atoms with Crippen LogP contribution in [-0.2, 0) is 6.54 Å². The molecule has 0 aliphatic heterocycles. The van der Waals surface area contributed by atoms with E-state index in [-0.39, 0.29) is 5.82 Å². The molecular formula is C17H16FN3. The summed E-state index contributed by atoms with van der Waals surface area (Å²) < 4.78 is 13.7. The summed E-state index contributed by atoms with van der Waals surface area (Å²) in [6, 6.07) is 11.4. The van der Waals surface area contributed by atoms with Gasteiger partial charge in [0.2, 0.25) is 0 Å². The lowest BCUT2D eigenvalue weighted by Crippen LogP contribution is -2.01. The summed E-state index contributed by atoms with van der Waals surface area (Å²) in [5.41, 5.74) is 4.02. The highest BCUT2D eigenvalue weighted by atomic mass is 19.1. The molecule has 0 atom stereocenters. The van der Waals surface area contributed by atoms with Crippen molar-refractivity contribution < 1.29 is 4.39 Å². The van der Waals surface area contributed by atoms with E-state index >= 15 is 0 Å². The molecular weight excluding hydrogens is 265 g/mol. The minimum absolute atomic E-state index is 0.0845. The Bertz CT molecular complexity index is 790. The number of anilines is 1. The number of halogens is 1. The molecule has 1 aliphatic rings. The highest BCUT2D eigenvalue weighted by Crippen LogP contribution is 2.42. The molecule has 0 saturated heterocycles. The maximum atomic E-state index is 13.7. The van der Waals surface area contributed by atoms with E-state index in [0.29, 0.717) is 12.5 Å². The van der Waals surface area contributed by atoms with Gasteiger partial charge in [-0.1, -0.05) is 18.2 Å². The van der Waals surface area contributed by atoms with Crippen LogP contribution in [0.4, 0.5) is 10.1 Å². The molecule has 106 valence electrons. The molecule has 4 heteroatoms. The molecule has 4 rings (SSSR count). The predicted molar refractivity (Wildman–Crippen MR) is 81.8 cm³/mol. The zero-order chi connectivity index (χ0) is 14.2. The lowest BCUT2D eigenvalue weighted by molar-refractivity contribution is 0.611. The first-order valence-corrected chi connectivity index (χ1v) is 7.25. The third-order valence-electron chi connectivity index (χ3n) is 4.06. The first-order chi connectivity index (χ1) is 10.3. The summed E-state index contributed by atoms with van der Waals surface area (Å²) in [7, 11) is 0. The second-order valence-electron chi connectivity index (χ2n) is 5.62. The van der Waals surface area contributed by atoms with E-state index in [1.807, 2.05) is 24.4 Å². The van der Waals surface area contributed by atoms with Gasteiger partial charge < -0.3 is 5.32 Å². The molecule has 1 heterocycles. The summed E-state index contributed by atoms with van der Waals surface area (Å²) in [6.45, 7) is 0.690. The highest BCUT2D eigenvalue weighted by Gasteiger charge is 2.26. The first kappa shape index (κ1) is 12.4. The fourth-order valence-corrected chi connectivity index (χ4v) is 2.74. The summed E-state index contributed by atoms with van der Waals surface area (Å²) in [4.78, 5) is 0. The molecule has 3 aromatic rings. The van der Waals surface area contributed by atoms with Crippen molar-refractivity contribution in [3.63, 3.8) is 0 Å². The molecule has 1 aliphatic carbocycles. The zero-order valence-electron chi connectivity index (χ0n) is 11.6. The van der Waals surface area contributed by atoms with Crippen LogP contribution in [-0.4, -0.2) is 10.2 Å². The van der Waals surface area contributed by atoms with Crippen LogP contribution in [0.25, 0.3) is 10.9 Å². The van der Waals surface area contributed by atoms with E-state index in [0.717, 1.165) is 40.6 Å². The van der Waals surface area contributed by atoms with Crippen molar-refractivity contribution in [1.82, 2.24) is 10.2 Å². The Labute approximate surface area is 122 Å². The van der Waals surface area contributed by atoms with Crippen LogP contribution in [0.3, 0.4) is 0 Å². The molecule has 21 heavy (non-hydrogen) atoms. The maximum Gasteiger partial charge on any atom is 0.126 e. The zero-order valence-corrected chi connectivity index (χ0v) is 11.6. The number of aromatic nitrogens is 2. The van der Waals surface area contributed by atoms with Gasteiger partial charge in [-0.05, 0) is 48.1 Å². The van der Waals surface area contributed by atoms with Crippen molar-refractivity contribution in [3.8, 4) is 0 Å². The van der Waals surface area contributed by atoms with Crippen LogP contribution in [0.2, 0.25) is 0 Å². The monoisotopic (exact) mass is 281 g/mol. The number of aromatic amines is 1. The lowest BCUT2D eigenvalue weighted by Gasteiger charge is -2.10. The van der Waals surface area contributed by atoms with Gasteiger partial charge in [0.05, 0.1) is 11.7 Å². The smallest absolute Gasteiger partial charge is 0.126 e. The molecule has 0 bridgehead atoms. The van der Waals surface area contributed by atoms with Crippen molar-refractivity contribution in [2.24, 2.45) is 0 Å². The molecule has 0 amide bonds. The standard InChI is InChI=1S/C17H16FN3/c18-16-7-6-14(8-15(16)11-4-5-11)19-9-12-2-1-3-13-10-20-21-17(12)13/h1-3,6-8,10-11,19H,4-5,9H2,(H,20,21). The van der Waals surface area contributed by atoms with Crippen LogP contribution in [0.5, 0.6) is 0 Å². The number of fused-ring (bicyclic) bond motifs is 1. The minimum atomic E-state index is -0.0845. The number of benzene rings is 2. The van der Waals surface area contributed by atoms with Crippen molar-refractivity contribution in [3.05, 3.63) is 59.5 Å². The van der Waals surface area contributed by atoms with E-state index in [9.17, 15) is 4.39 Å². The summed E-state index contributed by atoms with van der Waals surface area (Å²) in [6.07, 6.45) is 4.03. The average Bonchev–Trinajstić information content (AvgIpc) is 3.23. The van der Waals surface area contributed by atoms with Crippen LogP contribution in [0.15, 0.2) is 42.6 Å². The number of para-hydroxylation sites is 1. The summed E-state index contributed by atoms with van der Waals surface area (Å²) in [5.74, 6) is 0.335. The first-order valence-electron chi connectivity index (χ1n) is 7.25. The summed E-state index contributed by atoms with van der Waals surface area (Å²) in [5, 5.41) is 11.6. The van der Waals surface area contributed by atoms with Gasteiger partial charge in [0.15, 0.2) is 0 Å². The van der Waals surface area contributed by atoms with Crippen LogP contribution >= 0.6 is 0 Å². The van der Waals surface area contributed by atoms with E-state index in [1.165, 1.54) is 0 Å². The molecule has 2 N–H and O–H groups in total. The molecule has 0 spiro atoms. The number of hydrogen-bond donors (Lipinski definition) is 2. The van der Waals surface area contributed by atoms with E-state index in [2.05, 4.69) is 21.6 Å². The van der Waals surface area contributed by atoms with Crippen molar-refractivity contribution in [2.45, 2.75) is 25.3 Å². The van der Waals surface area contributed by atoms with Gasteiger partial charge in [-0.2, -0.15) is 5.10 Å². The Kier molecular flexibility index (Phi) is 2.88. The van der Waals surface area contributed by atoms with Crippen LogP contribution in [0.1, 0.15) is 29.9 Å². The van der Waals surface area contributed by atoms with Gasteiger partial charge >= 0.3 is 0 Å². The molecule has 2 aromatic carbocycles.